The van der Waals surface area contributed by atoms with Crippen LogP contribution >= 0.6 is 11.3 Å². The summed E-state index contributed by atoms with van der Waals surface area (Å²) in [6, 6.07) is 7.82. The van der Waals surface area contributed by atoms with E-state index in [9.17, 15) is 0 Å². The second-order valence-electron chi connectivity index (χ2n) is 3.77. The zero-order chi connectivity index (χ0) is 12.3. The van der Waals surface area contributed by atoms with Gasteiger partial charge in [-0.25, -0.2) is 4.98 Å². The van der Waals surface area contributed by atoms with Gasteiger partial charge in [0.15, 0.2) is 0 Å². The summed E-state index contributed by atoms with van der Waals surface area (Å²) in [4.78, 5) is 4.59. The number of methoxy groups -OCH3 is 1. The zero-order valence-electron chi connectivity index (χ0n) is 10.1. The predicted octanol–water partition coefficient (Wildman–Crippen LogP) is 3.35. The Morgan fingerprint density at radius 2 is 2.12 bits per heavy atom. The van der Waals surface area contributed by atoms with Crippen molar-refractivity contribution in [3.05, 3.63) is 29.3 Å². The second-order valence-corrected chi connectivity index (χ2v) is 4.89. The van der Waals surface area contributed by atoms with Gasteiger partial charge in [-0.05, 0) is 25.0 Å². The van der Waals surface area contributed by atoms with E-state index < -0.39 is 0 Å². The molecule has 0 aliphatic carbocycles. The van der Waals surface area contributed by atoms with E-state index in [2.05, 4.69) is 11.9 Å². The Balaban J connectivity index is 2.45. The van der Waals surface area contributed by atoms with Crippen molar-refractivity contribution in [2.24, 2.45) is 0 Å². The highest BCUT2D eigenvalue weighted by Crippen LogP contribution is 2.36. The quantitative estimate of drug-likeness (QED) is 0.902. The molecule has 2 aromatic rings. The number of para-hydroxylation sites is 1. The van der Waals surface area contributed by atoms with E-state index in [0.29, 0.717) is 0 Å². The Hall–Kier alpha value is -1.55. The number of nitrogen functional groups attached to an aromatic ring is 1. The molecule has 0 aliphatic heterocycles. The largest absolute Gasteiger partial charge is 0.496 e. The molecule has 17 heavy (non-hydrogen) atoms. The zero-order valence-corrected chi connectivity index (χ0v) is 10.9. The van der Waals surface area contributed by atoms with Gasteiger partial charge in [0.05, 0.1) is 12.1 Å². The molecule has 2 N–H and O–H groups in total. The molecular formula is C13H16N2OS. The van der Waals surface area contributed by atoms with Crippen LogP contribution in [0.15, 0.2) is 24.3 Å². The number of nitrogens with two attached hydrogens (primary N) is 1. The van der Waals surface area contributed by atoms with Crippen LogP contribution in [-0.4, -0.2) is 12.1 Å². The molecule has 1 aromatic carbocycles. The molecule has 3 nitrogen and oxygen atoms in total. The third-order valence-electron chi connectivity index (χ3n) is 2.52. The normalized spacial score (nSPS) is 10.5. The molecule has 2 rings (SSSR count). The summed E-state index contributed by atoms with van der Waals surface area (Å²) in [7, 11) is 1.66. The van der Waals surface area contributed by atoms with E-state index in [1.54, 1.807) is 18.4 Å². The number of ether oxygens (including phenoxy) is 1. The molecule has 0 aliphatic rings. The third kappa shape index (κ3) is 2.42. The average Bonchev–Trinajstić information content (AvgIpc) is 2.70. The molecule has 0 saturated carbocycles. The molecule has 1 heterocycles. The van der Waals surface area contributed by atoms with Crippen molar-refractivity contribution >= 4 is 16.3 Å². The molecule has 0 atom stereocenters. The lowest BCUT2D eigenvalue weighted by Crippen LogP contribution is -1.91. The lowest BCUT2D eigenvalue weighted by molar-refractivity contribution is 0.416. The van der Waals surface area contributed by atoms with Gasteiger partial charge in [-0.2, -0.15) is 0 Å². The van der Waals surface area contributed by atoms with Gasteiger partial charge in [-0.1, -0.05) is 19.1 Å². The van der Waals surface area contributed by atoms with E-state index in [0.717, 1.165) is 39.9 Å². The number of hydrogen-bond acceptors (Lipinski definition) is 4. The molecule has 1 aromatic heterocycles. The molecule has 0 bridgehead atoms. The number of anilines is 1. The van der Waals surface area contributed by atoms with Gasteiger partial charge in [-0.15, -0.1) is 11.3 Å². The minimum atomic E-state index is 0.762. The fourth-order valence-corrected chi connectivity index (χ4v) is 2.68. The van der Waals surface area contributed by atoms with Gasteiger partial charge in [0.25, 0.3) is 0 Å². The van der Waals surface area contributed by atoms with E-state index in [1.807, 2.05) is 24.3 Å². The van der Waals surface area contributed by atoms with Crippen LogP contribution in [0.3, 0.4) is 0 Å². The summed E-state index contributed by atoms with van der Waals surface area (Å²) >= 11 is 1.56. The molecule has 0 fully saturated rings. The minimum absolute atomic E-state index is 0.762. The lowest BCUT2D eigenvalue weighted by Gasteiger charge is -2.05. The van der Waals surface area contributed by atoms with Crippen molar-refractivity contribution in [1.82, 2.24) is 4.98 Å². The van der Waals surface area contributed by atoms with Crippen LogP contribution in [0, 0.1) is 0 Å². The summed E-state index contributed by atoms with van der Waals surface area (Å²) in [5.74, 6) is 0.813. The molecule has 90 valence electrons. The van der Waals surface area contributed by atoms with Crippen LogP contribution in [0.1, 0.15) is 18.4 Å². The smallest absolute Gasteiger partial charge is 0.128 e. The van der Waals surface area contributed by atoms with Crippen molar-refractivity contribution in [2.45, 2.75) is 19.8 Å². The summed E-state index contributed by atoms with van der Waals surface area (Å²) in [5, 5.41) is 1.85. The average molecular weight is 248 g/mol. The maximum absolute atomic E-state index is 6.03. The van der Waals surface area contributed by atoms with Gasteiger partial charge in [0.2, 0.25) is 0 Å². The summed E-state index contributed by atoms with van der Waals surface area (Å²) < 4.78 is 5.33. The maximum atomic E-state index is 6.03. The lowest BCUT2D eigenvalue weighted by atomic mass is 10.1. The van der Waals surface area contributed by atoms with Gasteiger partial charge < -0.3 is 10.5 Å². The van der Waals surface area contributed by atoms with Crippen molar-refractivity contribution in [3.63, 3.8) is 0 Å². The molecule has 4 heteroatoms. The molecule has 0 amide bonds. The summed E-state index contributed by atoms with van der Waals surface area (Å²) in [6.07, 6.45) is 2.06. The number of hydrogen-bond donors (Lipinski definition) is 1. The van der Waals surface area contributed by atoms with Crippen molar-refractivity contribution in [3.8, 4) is 17.0 Å². The topological polar surface area (TPSA) is 48.1 Å². The fraction of sp³-hybridized carbons (Fsp3) is 0.308. The number of aromatic nitrogens is 1. The molecule has 0 spiro atoms. The second kappa shape index (κ2) is 5.19. The fourth-order valence-electron chi connectivity index (χ4n) is 1.73. The van der Waals surface area contributed by atoms with Crippen LogP contribution in [0.4, 0.5) is 5.00 Å². The van der Waals surface area contributed by atoms with Crippen LogP contribution in [-0.2, 0) is 6.42 Å². The van der Waals surface area contributed by atoms with Gasteiger partial charge in [0, 0.05) is 5.56 Å². The Morgan fingerprint density at radius 3 is 2.82 bits per heavy atom. The van der Waals surface area contributed by atoms with E-state index in [-0.39, 0.29) is 0 Å². The maximum Gasteiger partial charge on any atom is 0.128 e. The molecule has 0 unspecified atom stereocenters. The first-order chi connectivity index (χ1) is 8.26. The predicted molar refractivity (Wildman–Crippen MR) is 72.5 cm³/mol. The highest BCUT2D eigenvalue weighted by Gasteiger charge is 2.13. The Labute approximate surface area is 105 Å². The van der Waals surface area contributed by atoms with E-state index in [4.69, 9.17) is 10.5 Å². The first-order valence-electron chi connectivity index (χ1n) is 5.64. The van der Waals surface area contributed by atoms with Crippen molar-refractivity contribution in [2.75, 3.05) is 12.8 Å². The highest BCUT2D eigenvalue weighted by atomic mass is 32.1. The molecule has 0 saturated heterocycles. The Kier molecular flexibility index (Phi) is 3.64. The first kappa shape index (κ1) is 11.9. The standard InChI is InChI=1S/C13H16N2OS/c1-3-6-11-15-12(13(14)17-11)9-7-4-5-8-10(9)16-2/h4-5,7-8H,3,6,14H2,1-2H3. The van der Waals surface area contributed by atoms with Crippen LogP contribution < -0.4 is 10.5 Å². The van der Waals surface area contributed by atoms with E-state index in [1.165, 1.54) is 0 Å². The molecular weight excluding hydrogens is 232 g/mol. The minimum Gasteiger partial charge on any atom is -0.496 e. The van der Waals surface area contributed by atoms with Crippen molar-refractivity contribution in [1.29, 1.82) is 0 Å². The van der Waals surface area contributed by atoms with E-state index >= 15 is 0 Å². The number of thiazole rings is 1. The number of aryl methyl sites for hydroxylation is 1. The van der Waals surface area contributed by atoms with Crippen LogP contribution in [0.25, 0.3) is 11.3 Å². The van der Waals surface area contributed by atoms with Crippen LogP contribution in [0.5, 0.6) is 5.75 Å². The van der Waals surface area contributed by atoms with Gasteiger partial charge in [-0.3, -0.25) is 0 Å². The number of rotatable bonds is 4. The monoisotopic (exact) mass is 248 g/mol. The highest BCUT2D eigenvalue weighted by molar-refractivity contribution is 7.16. The Bertz CT molecular complexity index is 508. The third-order valence-corrected chi connectivity index (χ3v) is 3.47. The van der Waals surface area contributed by atoms with Crippen molar-refractivity contribution < 1.29 is 4.74 Å². The number of benzene rings is 1. The summed E-state index contributed by atoms with van der Waals surface area (Å²) in [5.41, 5.74) is 7.84. The van der Waals surface area contributed by atoms with Crippen LogP contribution in [0.2, 0.25) is 0 Å². The SMILES string of the molecule is CCCc1nc(-c2ccccc2OC)c(N)s1. The first-order valence-corrected chi connectivity index (χ1v) is 6.46. The molecule has 0 radical (unpaired) electrons. The van der Waals surface area contributed by atoms with Gasteiger partial charge >= 0.3 is 0 Å². The Morgan fingerprint density at radius 1 is 1.35 bits per heavy atom. The van der Waals surface area contributed by atoms with Gasteiger partial charge in [0.1, 0.15) is 16.4 Å². The number of nitrogens with zero attached hydrogens (tertiary/aromatic N) is 1. The summed E-state index contributed by atoms with van der Waals surface area (Å²) in [6.45, 7) is 2.14.